The van der Waals surface area contributed by atoms with E-state index in [1.807, 2.05) is 0 Å². The van der Waals surface area contributed by atoms with Crippen LogP contribution in [0, 0.1) is 0 Å². The number of aliphatic hydroxyl groups excluding tert-OH is 1. The van der Waals surface area contributed by atoms with Gasteiger partial charge in [-0.05, 0) is 19.8 Å². The van der Waals surface area contributed by atoms with Gasteiger partial charge in [-0.3, -0.25) is 14.3 Å². The number of rotatable bonds is 3. The van der Waals surface area contributed by atoms with E-state index in [-0.39, 0.29) is 12.5 Å². The molecule has 2 aliphatic heterocycles. The Morgan fingerprint density at radius 1 is 1.36 bits per heavy atom. The van der Waals surface area contributed by atoms with E-state index in [9.17, 15) is 14.7 Å². The summed E-state index contributed by atoms with van der Waals surface area (Å²) in [5.74, 6) is -0.752. The highest BCUT2D eigenvalue weighted by atomic mass is 35.5. The maximum atomic E-state index is 12.3. The van der Waals surface area contributed by atoms with E-state index in [0.29, 0.717) is 0 Å². The van der Waals surface area contributed by atoms with E-state index in [2.05, 4.69) is 4.98 Å². The molecule has 2 N–H and O–H groups in total. The minimum Gasteiger partial charge on any atom is -0.393 e. The third-order valence-corrected chi connectivity index (χ3v) is 5.99. The lowest BCUT2D eigenvalue weighted by Gasteiger charge is -2.33. The summed E-state index contributed by atoms with van der Waals surface area (Å²) in [7, 11) is 0. The number of hydrogen-bond donors (Lipinski definition) is 2. The van der Waals surface area contributed by atoms with Crippen LogP contribution in [-0.4, -0.2) is 50.2 Å². The number of aromatic amines is 1. The van der Waals surface area contributed by atoms with Crippen molar-refractivity contribution in [2.75, 3.05) is 12.5 Å². The lowest BCUT2D eigenvalue weighted by molar-refractivity contribution is -0.247. The Morgan fingerprint density at radius 3 is 2.68 bits per heavy atom. The minimum absolute atomic E-state index is 0.0161. The molecule has 2 saturated heterocycles. The van der Waals surface area contributed by atoms with E-state index in [1.165, 1.54) is 16.8 Å². The van der Waals surface area contributed by atoms with Gasteiger partial charge in [-0.2, -0.15) is 0 Å². The first-order valence-electron chi connectivity index (χ1n) is 8.42. The third-order valence-electron chi connectivity index (χ3n) is 5.54. The quantitative estimate of drug-likeness (QED) is 0.748. The molecule has 3 fully saturated rings. The zero-order chi connectivity index (χ0) is 17.9. The molecule has 0 aromatic carbocycles. The molecular formula is C16H21ClN2O6. The van der Waals surface area contributed by atoms with Crippen molar-refractivity contribution in [3.8, 4) is 0 Å². The zero-order valence-electron chi connectivity index (χ0n) is 13.9. The number of hydrogen-bond acceptors (Lipinski definition) is 6. The molecule has 9 heteroatoms. The molecule has 0 unspecified atom stereocenters. The molecule has 1 aromatic rings. The van der Waals surface area contributed by atoms with Gasteiger partial charge in [0.1, 0.15) is 17.3 Å². The van der Waals surface area contributed by atoms with E-state index >= 15 is 0 Å². The van der Waals surface area contributed by atoms with Crippen molar-refractivity contribution in [3.05, 3.63) is 33.1 Å². The van der Waals surface area contributed by atoms with Gasteiger partial charge < -0.3 is 19.3 Å². The number of halogens is 1. The summed E-state index contributed by atoms with van der Waals surface area (Å²) in [5.41, 5.74) is -3.33. The monoisotopic (exact) mass is 372 g/mol. The van der Waals surface area contributed by atoms with Gasteiger partial charge in [0.15, 0.2) is 12.0 Å². The van der Waals surface area contributed by atoms with E-state index in [1.54, 1.807) is 6.92 Å². The molecule has 0 bridgehead atoms. The maximum Gasteiger partial charge on any atom is 0.330 e. The summed E-state index contributed by atoms with van der Waals surface area (Å²) >= 11 is 6.14. The molecule has 25 heavy (non-hydrogen) atoms. The lowest BCUT2D eigenvalue weighted by Crippen LogP contribution is -2.51. The molecule has 3 heterocycles. The lowest BCUT2D eigenvalue weighted by atomic mass is 9.89. The first kappa shape index (κ1) is 17.2. The van der Waals surface area contributed by atoms with Gasteiger partial charge in [0.05, 0.1) is 12.5 Å². The summed E-state index contributed by atoms with van der Waals surface area (Å²) in [6, 6.07) is 1.24. The Balaban J connectivity index is 1.82. The van der Waals surface area contributed by atoms with Gasteiger partial charge in [-0.1, -0.05) is 0 Å². The van der Waals surface area contributed by atoms with Crippen molar-refractivity contribution in [3.63, 3.8) is 0 Å². The van der Waals surface area contributed by atoms with Gasteiger partial charge in [-0.25, -0.2) is 4.79 Å². The normalized spacial score (nSPS) is 39.2. The standard InChI is InChI=1S/C16H21ClN2O6/c1-14-11(23-16(25-14)5-2-3-6-16)15(8-17,9-20)24-12(14)19-7-4-10(21)18-13(19)22/h4,7,11-12,20H,2-3,5-6,8-9H2,1H3,(H,18,21,22)/t11-,12+,14+,15+/m0/s1. The second-order valence-electron chi connectivity index (χ2n) is 7.25. The largest absolute Gasteiger partial charge is 0.393 e. The van der Waals surface area contributed by atoms with Gasteiger partial charge >= 0.3 is 5.69 Å². The maximum absolute atomic E-state index is 12.3. The second kappa shape index (κ2) is 5.65. The van der Waals surface area contributed by atoms with Crippen LogP contribution in [-0.2, 0) is 14.2 Å². The molecule has 1 aliphatic carbocycles. The molecule has 8 nitrogen and oxygen atoms in total. The summed E-state index contributed by atoms with van der Waals surface area (Å²) < 4.78 is 19.9. The summed E-state index contributed by atoms with van der Waals surface area (Å²) in [6.07, 6.45) is 3.31. The Morgan fingerprint density at radius 2 is 2.08 bits per heavy atom. The van der Waals surface area contributed by atoms with Crippen LogP contribution in [0.1, 0.15) is 38.8 Å². The van der Waals surface area contributed by atoms with Crippen LogP contribution in [0.4, 0.5) is 0 Å². The van der Waals surface area contributed by atoms with Crippen molar-refractivity contribution in [2.24, 2.45) is 0 Å². The Hall–Kier alpha value is -1.19. The first-order valence-corrected chi connectivity index (χ1v) is 8.96. The molecule has 138 valence electrons. The SMILES string of the molecule is C[C@@]12OC3(CCCC3)O[C@@H]1[C@](CO)(CCl)O[C@H]2n1ccc(=O)[nH]c1=O. The molecular weight excluding hydrogens is 352 g/mol. The van der Waals surface area contributed by atoms with Crippen LogP contribution in [0.15, 0.2) is 21.9 Å². The van der Waals surface area contributed by atoms with Gasteiger partial charge in [0.25, 0.3) is 5.56 Å². The highest BCUT2D eigenvalue weighted by molar-refractivity contribution is 6.18. The predicted molar refractivity (Wildman–Crippen MR) is 87.5 cm³/mol. The molecule has 0 radical (unpaired) electrons. The van der Waals surface area contributed by atoms with Gasteiger partial charge in [0.2, 0.25) is 0 Å². The van der Waals surface area contributed by atoms with Crippen molar-refractivity contribution >= 4 is 11.6 Å². The number of H-pyrrole nitrogens is 1. The molecule has 1 aromatic heterocycles. The van der Waals surface area contributed by atoms with Crippen LogP contribution in [0.3, 0.4) is 0 Å². The molecule has 4 rings (SSSR count). The van der Waals surface area contributed by atoms with E-state index in [4.69, 9.17) is 25.8 Å². The number of alkyl halides is 1. The predicted octanol–water partition coefficient (Wildman–Crippen LogP) is 0.480. The van der Waals surface area contributed by atoms with Gasteiger partial charge in [0, 0.05) is 25.1 Å². The number of nitrogens with one attached hydrogen (secondary N) is 1. The highest BCUT2D eigenvalue weighted by Crippen LogP contribution is 2.58. The van der Waals surface area contributed by atoms with Crippen molar-refractivity contribution in [1.82, 2.24) is 9.55 Å². The van der Waals surface area contributed by atoms with Crippen LogP contribution >= 0.6 is 11.6 Å². The minimum atomic E-state index is -1.19. The van der Waals surface area contributed by atoms with Crippen LogP contribution < -0.4 is 11.2 Å². The van der Waals surface area contributed by atoms with Crippen molar-refractivity contribution in [2.45, 2.75) is 61.9 Å². The fourth-order valence-electron chi connectivity index (χ4n) is 4.36. The molecule has 1 saturated carbocycles. The summed E-state index contributed by atoms with van der Waals surface area (Å²) in [5, 5.41) is 10.00. The van der Waals surface area contributed by atoms with Crippen molar-refractivity contribution < 1.29 is 19.3 Å². The summed E-state index contributed by atoms with van der Waals surface area (Å²) in [4.78, 5) is 25.9. The molecule has 1 spiro atoms. The Kier molecular flexibility index (Phi) is 3.90. The highest BCUT2D eigenvalue weighted by Gasteiger charge is 2.71. The number of nitrogens with zero attached hydrogens (tertiary/aromatic N) is 1. The Labute approximate surface area is 148 Å². The summed E-state index contributed by atoms with van der Waals surface area (Å²) in [6.45, 7) is 1.43. The van der Waals surface area contributed by atoms with Crippen LogP contribution in [0.5, 0.6) is 0 Å². The van der Waals surface area contributed by atoms with Crippen LogP contribution in [0.25, 0.3) is 0 Å². The van der Waals surface area contributed by atoms with E-state index in [0.717, 1.165) is 25.7 Å². The topological polar surface area (TPSA) is 103 Å². The molecule has 3 aliphatic rings. The fourth-order valence-corrected chi connectivity index (χ4v) is 4.65. The van der Waals surface area contributed by atoms with Crippen LogP contribution in [0.2, 0.25) is 0 Å². The molecule has 4 atom stereocenters. The number of fused-ring (bicyclic) bond motifs is 1. The van der Waals surface area contributed by atoms with E-state index < -0.39 is 40.6 Å². The average molecular weight is 373 g/mol. The molecule has 0 amide bonds. The van der Waals surface area contributed by atoms with Crippen molar-refractivity contribution in [1.29, 1.82) is 0 Å². The first-order chi connectivity index (χ1) is 11.9. The average Bonchev–Trinajstić information content (AvgIpc) is 3.21. The van der Waals surface area contributed by atoms with Gasteiger partial charge in [-0.15, -0.1) is 11.6 Å². The number of aliphatic hydroxyl groups is 1. The number of ether oxygens (including phenoxy) is 3. The fraction of sp³-hybridized carbons (Fsp3) is 0.750. The zero-order valence-corrected chi connectivity index (χ0v) is 14.6. The second-order valence-corrected chi connectivity index (χ2v) is 7.51. The number of aromatic nitrogens is 2. The smallest absolute Gasteiger partial charge is 0.330 e. The third kappa shape index (κ3) is 2.35. The Bertz CT molecular complexity index is 781.